The molecular formula is C15H21FN2O. The quantitative estimate of drug-likeness (QED) is 0.838. The average Bonchev–Trinajstić information content (AvgIpc) is 3.01. The summed E-state index contributed by atoms with van der Waals surface area (Å²) in [6, 6.07) is 4.25. The van der Waals surface area contributed by atoms with Crippen LogP contribution in [0.4, 0.5) is 4.39 Å². The molecule has 2 aliphatic heterocycles. The number of hydrogen-bond acceptors (Lipinski definition) is 3. The van der Waals surface area contributed by atoms with Crippen molar-refractivity contribution in [3.63, 3.8) is 0 Å². The van der Waals surface area contributed by atoms with Crippen molar-refractivity contribution in [3.05, 3.63) is 29.1 Å². The first-order valence-electron chi connectivity index (χ1n) is 7.13. The lowest BCUT2D eigenvalue weighted by Crippen LogP contribution is -2.22. The van der Waals surface area contributed by atoms with Crippen LogP contribution in [0.5, 0.6) is 0 Å². The van der Waals surface area contributed by atoms with Crippen molar-refractivity contribution < 1.29 is 9.13 Å². The first-order valence-corrected chi connectivity index (χ1v) is 7.13. The molecule has 1 aromatic heterocycles. The van der Waals surface area contributed by atoms with E-state index in [1.807, 2.05) is 6.92 Å². The Labute approximate surface area is 113 Å². The number of halogens is 1. The van der Waals surface area contributed by atoms with Gasteiger partial charge in [-0.3, -0.25) is 9.88 Å². The number of aromatic nitrogens is 1. The number of likely N-dealkylation sites (tertiary alicyclic amines) is 1. The molecule has 104 valence electrons. The summed E-state index contributed by atoms with van der Waals surface area (Å²) in [5.41, 5.74) is 3.45. The summed E-state index contributed by atoms with van der Waals surface area (Å²) in [6.07, 6.45) is 1.07. The molecule has 0 aromatic carbocycles. The molecule has 2 saturated heterocycles. The molecule has 0 bridgehead atoms. The lowest BCUT2D eigenvalue weighted by Gasteiger charge is -2.19. The molecule has 0 N–H and O–H groups in total. The van der Waals surface area contributed by atoms with Crippen molar-refractivity contribution in [1.82, 2.24) is 9.88 Å². The van der Waals surface area contributed by atoms with Gasteiger partial charge in [0.05, 0.1) is 12.3 Å². The summed E-state index contributed by atoms with van der Waals surface area (Å²) >= 11 is 0. The largest absolute Gasteiger partial charge is 0.381 e. The van der Waals surface area contributed by atoms with E-state index >= 15 is 0 Å². The van der Waals surface area contributed by atoms with Gasteiger partial charge in [0.1, 0.15) is 6.17 Å². The van der Waals surface area contributed by atoms with Gasteiger partial charge in [-0.05, 0) is 31.4 Å². The Bertz CT molecular complexity index is 446. The van der Waals surface area contributed by atoms with Gasteiger partial charge in [0.25, 0.3) is 0 Å². The predicted molar refractivity (Wildman–Crippen MR) is 71.9 cm³/mol. The Morgan fingerprint density at radius 2 is 2.32 bits per heavy atom. The Kier molecular flexibility index (Phi) is 3.80. The van der Waals surface area contributed by atoms with Gasteiger partial charge in [0, 0.05) is 37.9 Å². The summed E-state index contributed by atoms with van der Waals surface area (Å²) in [5, 5.41) is 0. The maximum atomic E-state index is 13.3. The van der Waals surface area contributed by atoms with E-state index in [0.29, 0.717) is 18.9 Å². The first kappa shape index (κ1) is 13.0. The lowest BCUT2D eigenvalue weighted by atomic mass is 9.96. The summed E-state index contributed by atoms with van der Waals surface area (Å²) in [7, 11) is 0. The van der Waals surface area contributed by atoms with Crippen molar-refractivity contribution in [3.8, 4) is 0 Å². The van der Waals surface area contributed by atoms with Gasteiger partial charge in [-0.2, -0.15) is 0 Å². The minimum atomic E-state index is -0.664. The molecule has 0 amide bonds. The number of nitrogens with zero attached hydrogens (tertiary/aromatic N) is 2. The average molecular weight is 264 g/mol. The second kappa shape index (κ2) is 5.55. The molecule has 3 heterocycles. The molecule has 3 nitrogen and oxygen atoms in total. The van der Waals surface area contributed by atoms with Gasteiger partial charge in [0.15, 0.2) is 0 Å². The molecule has 0 aliphatic carbocycles. The van der Waals surface area contributed by atoms with Crippen LogP contribution in [0.2, 0.25) is 0 Å². The van der Waals surface area contributed by atoms with E-state index in [-0.39, 0.29) is 0 Å². The van der Waals surface area contributed by atoms with Gasteiger partial charge >= 0.3 is 0 Å². The highest BCUT2D eigenvalue weighted by atomic mass is 19.1. The van der Waals surface area contributed by atoms with Crippen molar-refractivity contribution in [2.75, 3.05) is 26.3 Å². The van der Waals surface area contributed by atoms with E-state index in [4.69, 9.17) is 4.74 Å². The van der Waals surface area contributed by atoms with Crippen LogP contribution >= 0.6 is 0 Å². The van der Waals surface area contributed by atoms with Crippen LogP contribution < -0.4 is 0 Å². The molecule has 2 fully saturated rings. The van der Waals surface area contributed by atoms with E-state index in [9.17, 15) is 4.39 Å². The van der Waals surface area contributed by atoms with Gasteiger partial charge in [0.2, 0.25) is 0 Å². The van der Waals surface area contributed by atoms with Crippen LogP contribution in [-0.2, 0) is 11.3 Å². The highest BCUT2D eigenvalue weighted by Crippen LogP contribution is 2.28. The SMILES string of the molecule is Cc1ccc([C@@H]2CCOC2)c(CN2CC[C@H](F)C2)n1. The van der Waals surface area contributed by atoms with E-state index in [2.05, 4.69) is 22.0 Å². The van der Waals surface area contributed by atoms with E-state index in [1.54, 1.807) is 0 Å². The van der Waals surface area contributed by atoms with Crippen molar-refractivity contribution >= 4 is 0 Å². The molecule has 19 heavy (non-hydrogen) atoms. The normalized spacial score (nSPS) is 28.1. The zero-order valence-electron chi connectivity index (χ0n) is 11.4. The van der Waals surface area contributed by atoms with E-state index in [1.165, 1.54) is 5.56 Å². The topological polar surface area (TPSA) is 25.4 Å². The Hall–Kier alpha value is -1.00. The summed E-state index contributed by atoms with van der Waals surface area (Å²) in [4.78, 5) is 6.86. The van der Waals surface area contributed by atoms with Gasteiger partial charge < -0.3 is 4.74 Å². The van der Waals surface area contributed by atoms with Crippen LogP contribution in [0.25, 0.3) is 0 Å². The smallest absolute Gasteiger partial charge is 0.114 e. The standard InChI is InChI=1S/C15H21FN2O/c1-11-2-3-14(12-5-7-19-10-12)15(17-11)9-18-6-4-13(16)8-18/h2-3,12-13H,4-10H2,1H3/t12-,13+/m1/s1. The monoisotopic (exact) mass is 264 g/mol. The van der Waals surface area contributed by atoms with Gasteiger partial charge in [-0.15, -0.1) is 0 Å². The maximum absolute atomic E-state index is 13.3. The predicted octanol–water partition coefficient (Wildman–Crippen LogP) is 2.44. The number of rotatable bonds is 3. The van der Waals surface area contributed by atoms with Crippen LogP contribution in [0.3, 0.4) is 0 Å². The fourth-order valence-corrected chi connectivity index (χ4v) is 3.04. The van der Waals surface area contributed by atoms with Gasteiger partial charge in [-0.1, -0.05) is 6.07 Å². The number of alkyl halides is 1. The van der Waals surface area contributed by atoms with E-state index < -0.39 is 6.17 Å². The van der Waals surface area contributed by atoms with Crippen molar-refractivity contribution in [1.29, 1.82) is 0 Å². The summed E-state index contributed by atoms with van der Waals surface area (Å²) < 4.78 is 18.8. The van der Waals surface area contributed by atoms with Crippen LogP contribution in [0.1, 0.15) is 35.7 Å². The molecule has 3 rings (SSSR count). The highest BCUT2D eigenvalue weighted by Gasteiger charge is 2.25. The first-order chi connectivity index (χ1) is 9.22. The highest BCUT2D eigenvalue weighted by molar-refractivity contribution is 5.27. The third-order valence-electron chi connectivity index (χ3n) is 4.11. The number of pyridine rings is 1. The molecule has 0 spiro atoms. The second-order valence-electron chi connectivity index (χ2n) is 5.67. The van der Waals surface area contributed by atoms with Crippen molar-refractivity contribution in [2.45, 2.75) is 38.4 Å². The fraction of sp³-hybridized carbons (Fsp3) is 0.667. The Morgan fingerprint density at radius 1 is 1.42 bits per heavy atom. The number of aryl methyl sites for hydroxylation is 1. The molecule has 2 atom stereocenters. The zero-order valence-corrected chi connectivity index (χ0v) is 11.4. The molecule has 0 radical (unpaired) electrons. The molecule has 2 aliphatic rings. The minimum Gasteiger partial charge on any atom is -0.381 e. The maximum Gasteiger partial charge on any atom is 0.114 e. The molecule has 1 aromatic rings. The number of ether oxygens (including phenoxy) is 1. The number of hydrogen-bond donors (Lipinski definition) is 0. The van der Waals surface area contributed by atoms with Crippen LogP contribution in [-0.4, -0.2) is 42.4 Å². The van der Waals surface area contributed by atoms with Crippen LogP contribution in [0, 0.1) is 6.92 Å². The summed E-state index contributed by atoms with van der Waals surface area (Å²) in [6.45, 7) is 5.82. The fourth-order valence-electron chi connectivity index (χ4n) is 3.04. The van der Waals surface area contributed by atoms with Crippen LogP contribution in [0.15, 0.2) is 12.1 Å². The van der Waals surface area contributed by atoms with Gasteiger partial charge in [-0.25, -0.2) is 4.39 Å². The molecule has 4 heteroatoms. The summed E-state index contributed by atoms with van der Waals surface area (Å²) in [5.74, 6) is 0.465. The van der Waals surface area contributed by atoms with E-state index in [0.717, 1.165) is 44.1 Å². The Morgan fingerprint density at radius 3 is 3.00 bits per heavy atom. The lowest BCUT2D eigenvalue weighted by molar-refractivity contribution is 0.193. The second-order valence-corrected chi connectivity index (χ2v) is 5.67. The molecule has 0 unspecified atom stereocenters. The minimum absolute atomic E-state index is 0.465. The Balaban J connectivity index is 1.79. The van der Waals surface area contributed by atoms with Crippen molar-refractivity contribution in [2.24, 2.45) is 0 Å². The molecular weight excluding hydrogens is 243 g/mol. The molecule has 0 saturated carbocycles. The third kappa shape index (κ3) is 2.95. The third-order valence-corrected chi connectivity index (χ3v) is 4.11. The zero-order chi connectivity index (χ0) is 13.2.